The molecule has 1 amide bonds. The highest BCUT2D eigenvalue weighted by atomic mass is 32.2. The van der Waals surface area contributed by atoms with Crippen LogP contribution in [0, 0.1) is 0 Å². The van der Waals surface area contributed by atoms with Gasteiger partial charge in [0.1, 0.15) is 4.83 Å². The molecule has 5 rings (SSSR count). The quantitative estimate of drug-likeness (QED) is 0.224. The summed E-state index contributed by atoms with van der Waals surface area (Å²) >= 11 is 4.30. The summed E-state index contributed by atoms with van der Waals surface area (Å²) in [5, 5.41) is 5.11. The van der Waals surface area contributed by atoms with Crippen molar-refractivity contribution in [3.05, 3.63) is 63.1 Å². The number of hydrogen-bond donors (Lipinski definition) is 0. The van der Waals surface area contributed by atoms with E-state index in [4.69, 9.17) is 0 Å². The molecule has 4 heterocycles. The van der Waals surface area contributed by atoms with Gasteiger partial charge < -0.3 is 4.90 Å². The van der Waals surface area contributed by atoms with Gasteiger partial charge in [0.15, 0.2) is 10.9 Å². The Morgan fingerprint density at radius 3 is 2.66 bits per heavy atom. The van der Waals surface area contributed by atoms with Crippen molar-refractivity contribution >= 4 is 62.0 Å². The third-order valence-corrected chi connectivity index (χ3v) is 8.27. The summed E-state index contributed by atoms with van der Waals surface area (Å²) in [4.78, 5) is 45.8. The molecule has 0 spiro atoms. The average Bonchev–Trinajstić information content (AvgIpc) is 3.55. The number of hydrogen-bond acceptors (Lipinski definition) is 7. The fraction of sp³-hybridized carbons (Fsp3) is 0.217. The number of rotatable bonds is 6. The van der Waals surface area contributed by atoms with Crippen molar-refractivity contribution < 1.29 is 9.59 Å². The SMILES string of the molecule is Cn1c(SCC(=O)c2ccc(N3CCCC3=O)cc2)nc2scc(-c3cccs3)c2c1=O. The molecule has 3 aromatic heterocycles. The molecule has 1 saturated heterocycles. The molecule has 0 atom stereocenters. The van der Waals surface area contributed by atoms with E-state index in [0.717, 1.165) is 29.1 Å². The second-order valence-corrected chi connectivity index (χ2v) is 10.2. The van der Waals surface area contributed by atoms with Gasteiger partial charge in [0.25, 0.3) is 5.56 Å². The maximum atomic E-state index is 13.0. The van der Waals surface area contributed by atoms with Crippen LogP contribution in [0.1, 0.15) is 23.2 Å². The summed E-state index contributed by atoms with van der Waals surface area (Å²) in [6.45, 7) is 0.723. The molecular weight excluding hydrogens is 462 g/mol. The number of nitrogens with zero attached hydrogens (tertiary/aromatic N) is 3. The van der Waals surface area contributed by atoms with Crippen LogP contribution in [0.15, 0.2) is 57.1 Å². The second kappa shape index (κ2) is 8.65. The van der Waals surface area contributed by atoms with Crippen molar-refractivity contribution in [3.63, 3.8) is 0 Å². The molecule has 32 heavy (non-hydrogen) atoms. The molecule has 1 aliphatic rings. The number of amides is 1. The van der Waals surface area contributed by atoms with Crippen molar-refractivity contribution in [2.75, 3.05) is 17.2 Å². The van der Waals surface area contributed by atoms with Gasteiger partial charge in [-0.2, -0.15) is 0 Å². The summed E-state index contributed by atoms with van der Waals surface area (Å²) < 4.78 is 1.52. The first kappa shape index (κ1) is 21.1. The number of Topliss-reactive ketones (excluding diaryl/α,β-unsaturated/α-hetero) is 1. The first-order chi connectivity index (χ1) is 15.5. The summed E-state index contributed by atoms with van der Waals surface area (Å²) in [6.07, 6.45) is 1.44. The number of thioether (sulfide) groups is 1. The highest BCUT2D eigenvalue weighted by Crippen LogP contribution is 2.34. The monoisotopic (exact) mass is 481 g/mol. The van der Waals surface area contributed by atoms with Crippen molar-refractivity contribution in [2.45, 2.75) is 18.0 Å². The van der Waals surface area contributed by atoms with Gasteiger partial charge >= 0.3 is 0 Å². The number of carbonyl (C=O) groups excluding carboxylic acids is 2. The molecule has 4 aromatic rings. The zero-order chi connectivity index (χ0) is 22.2. The topological polar surface area (TPSA) is 72.3 Å². The molecule has 1 aromatic carbocycles. The van der Waals surface area contributed by atoms with Crippen LogP contribution in [0.3, 0.4) is 0 Å². The largest absolute Gasteiger partial charge is 0.312 e. The van der Waals surface area contributed by atoms with Crippen LogP contribution in [-0.2, 0) is 11.8 Å². The van der Waals surface area contributed by atoms with Crippen molar-refractivity contribution in [1.29, 1.82) is 0 Å². The molecule has 1 aliphatic heterocycles. The Labute approximate surface area is 196 Å². The van der Waals surface area contributed by atoms with E-state index < -0.39 is 0 Å². The number of anilines is 1. The maximum Gasteiger partial charge on any atom is 0.263 e. The van der Waals surface area contributed by atoms with Crippen LogP contribution < -0.4 is 10.5 Å². The molecule has 0 bridgehead atoms. The minimum absolute atomic E-state index is 0.0471. The molecule has 0 unspecified atom stereocenters. The van der Waals surface area contributed by atoms with Gasteiger partial charge in [-0.3, -0.25) is 19.0 Å². The number of benzene rings is 1. The van der Waals surface area contributed by atoms with E-state index >= 15 is 0 Å². The number of thiophene rings is 2. The van der Waals surface area contributed by atoms with E-state index in [1.165, 1.54) is 27.7 Å². The van der Waals surface area contributed by atoms with Crippen molar-refractivity contribution in [1.82, 2.24) is 9.55 Å². The Hall–Kier alpha value is -2.75. The Morgan fingerprint density at radius 2 is 1.97 bits per heavy atom. The molecule has 6 nitrogen and oxygen atoms in total. The molecule has 9 heteroatoms. The lowest BCUT2D eigenvalue weighted by Crippen LogP contribution is -2.23. The molecule has 0 aliphatic carbocycles. The Balaban J connectivity index is 1.34. The van der Waals surface area contributed by atoms with Crippen molar-refractivity contribution in [2.24, 2.45) is 7.05 Å². The normalized spacial score (nSPS) is 13.9. The number of aromatic nitrogens is 2. The molecule has 1 fully saturated rings. The van der Waals surface area contributed by atoms with Crippen LogP contribution in [-0.4, -0.2) is 33.5 Å². The third kappa shape index (κ3) is 3.80. The molecule has 0 saturated carbocycles. The van der Waals surface area contributed by atoms with Gasteiger partial charge in [-0.25, -0.2) is 4.98 Å². The van der Waals surface area contributed by atoms with E-state index in [2.05, 4.69) is 4.98 Å². The maximum absolute atomic E-state index is 13.0. The number of ketones is 1. The Kier molecular flexibility index (Phi) is 5.71. The predicted octanol–water partition coefficient (Wildman–Crippen LogP) is 4.83. The van der Waals surface area contributed by atoms with Gasteiger partial charge in [0.05, 0.1) is 11.1 Å². The van der Waals surface area contributed by atoms with Gasteiger partial charge in [-0.15, -0.1) is 22.7 Å². The minimum atomic E-state index is -0.103. The summed E-state index contributed by atoms with van der Waals surface area (Å²) in [5.74, 6) is 0.253. The van der Waals surface area contributed by atoms with Crippen LogP contribution in [0.2, 0.25) is 0 Å². The highest BCUT2D eigenvalue weighted by Gasteiger charge is 2.22. The van der Waals surface area contributed by atoms with Crippen LogP contribution in [0.5, 0.6) is 0 Å². The van der Waals surface area contributed by atoms with Crippen LogP contribution in [0.25, 0.3) is 20.7 Å². The highest BCUT2D eigenvalue weighted by molar-refractivity contribution is 7.99. The lowest BCUT2D eigenvalue weighted by Gasteiger charge is -2.15. The van der Waals surface area contributed by atoms with Crippen LogP contribution in [0.4, 0.5) is 5.69 Å². The Bertz CT molecular complexity index is 1370. The van der Waals surface area contributed by atoms with E-state index in [-0.39, 0.29) is 23.0 Å². The van der Waals surface area contributed by atoms with E-state index in [0.29, 0.717) is 27.4 Å². The van der Waals surface area contributed by atoms with E-state index in [9.17, 15) is 14.4 Å². The predicted molar refractivity (Wildman–Crippen MR) is 131 cm³/mol. The smallest absolute Gasteiger partial charge is 0.263 e. The fourth-order valence-corrected chi connectivity index (χ4v) is 6.43. The van der Waals surface area contributed by atoms with E-state index in [1.807, 2.05) is 35.0 Å². The number of fused-ring (bicyclic) bond motifs is 1. The fourth-order valence-electron chi connectivity index (χ4n) is 3.76. The first-order valence-electron chi connectivity index (χ1n) is 10.1. The first-order valence-corrected chi connectivity index (χ1v) is 12.9. The lowest BCUT2D eigenvalue weighted by molar-refractivity contribution is -0.117. The van der Waals surface area contributed by atoms with Gasteiger partial charge in [-0.05, 0) is 42.1 Å². The van der Waals surface area contributed by atoms with E-state index in [1.54, 1.807) is 35.4 Å². The zero-order valence-electron chi connectivity index (χ0n) is 17.2. The molecular formula is C23H19N3O3S3. The Morgan fingerprint density at radius 1 is 1.16 bits per heavy atom. The van der Waals surface area contributed by atoms with Gasteiger partial charge in [0.2, 0.25) is 5.91 Å². The van der Waals surface area contributed by atoms with Crippen LogP contribution >= 0.6 is 34.4 Å². The molecule has 0 radical (unpaired) electrons. The van der Waals surface area contributed by atoms with Gasteiger partial charge in [0, 0.05) is 47.1 Å². The minimum Gasteiger partial charge on any atom is -0.312 e. The summed E-state index contributed by atoms with van der Waals surface area (Å²) in [6, 6.07) is 11.1. The second-order valence-electron chi connectivity index (χ2n) is 7.47. The zero-order valence-corrected chi connectivity index (χ0v) is 19.7. The third-order valence-electron chi connectivity index (χ3n) is 5.47. The summed E-state index contributed by atoms with van der Waals surface area (Å²) in [5.41, 5.74) is 2.21. The average molecular weight is 482 g/mol. The van der Waals surface area contributed by atoms with Crippen molar-refractivity contribution in [3.8, 4) is 10.4 Å². The molecule has 0 N–H and O–H groups in total. The van der Waals surface area contributed by atoms with Gasteiger partial charge in [-0.1, -0.05) is 17.8 Å². The lowest BCUT2D eigenvalue weighted by atomic mass is 10.1. The summed E-state index contributed by atoms with van der Waals surface area (Å²) in [7, 11) is 1.69. The number of carbonyl (C=O) groups is 2. The standard InChI is InChI=1S/C23H19N3O3S3/c1-25-22(29)20-16(18-4-3-11-30-18)12-31-21(20)24-23(25)32-13-17(27)14-6-8-15(9-7-14)26-10-2-5-19(26)28/h3-4,6-9,11-12H,2,5,10,13H2,1H3. The molecule has 162 valence electrons.